The molecule has 4 nitrogen and oxygen atoms in total. The molecule has 0 saturated heterocycles. The van der Waals surface area contributed by atoms with E-state index >= 15 is 0 Å². The summed E-state index contributed by atoms with van der Waals surface area (Å²) in [7, 11) is 0. The van der Waals surface area contributed by atoms with Crippen LogP contribution in [0.5, 0.6) is 5.75 Å². The zero-order valence-corrected chi connectivity index (χ0v) is 14.8. The molecule has 0 bridgehead atoms. The first-order chi connectivity index (χ1) is 11.5. The molecule has 4 heteroatoms. The molecule has 0 aromatic carbocycles. The Morgan fingerprint density at radius 2 is 2.04 bits per heavy atom. The normalized spacial score (nSPS) is 27.2. The van der Waals surface area contributed by atoms with Gasteiger partial charge in [-0.2, -0.15) is 0 Å². The zero-order valence-electron chi connectivity index (χ0n) is 14.8. The Bertz CT molecular complexity index is 578. The largest absolute Gasteiger partial charge is 0.492 e. The molecule has 2 aliphatic carbocycles. The number of nitrogens with zero attached hydrogens (tertiary/aromatic N) is 1. The van der Waals surface area contributed by atoms with Crippen LogP contribution in [0.3, 0.4) is 0 Å². The third kappa shape index (κ3) is 4.35. The van der Waals surface area contributed by atoms with E-state index in [0.29, 0.717) is 43.0 Å². The Morgan fingerprint density at radius 1 is 1.25 bits per heavy atom. The summed E-state index contributed by atoms with van der Waals surface area (Å²) in [6.45, 7) is 5.08. The minimum atomic E-state index is -0.167. The summed E-state index contributed by atoms with van der Waals surface area (Å²) < 4.78 is 5.82. The van der Waals surface area contributed by atoms with Gasteiger partial charge < -0.3 is 9.84 Å². The number of pyridine rings is 1. The molecule has 0 aliphatic heterocycles. The summed E-state index contributed by atoms with van der Waals surface area (Å²) in [5, 5.41) is 9.58. The maximum absolute atomic E-state index is 12.2. The number of hydrogen-bond donors (Lipinski definition) is 1. The van der Waals surface area contributed by atoms with Gasteiger partial charge in [0.05, 0.1) is 18.9 Å². The van der Waals surface area contributed by atoms with E-state index < -0.39 is 0 Å². The molecule has 1 fully saturated rings. The summed E-state index contributed by atoms with van der Waals surface area (Å²) in [5.41, 5.74) is 2.28. The number of carbonyl (C=O) groups excluding carboxylic acids is 1. The first-order valence-corrected chi connectivity index (χ1v) is 9.31. The molecule has 2 aliphatic rings. The topological polar surface area (TPSA) is 59.4 Å². The summed E-state index contributed by atoms with van der Waals surface area (Å²) in [4.78, 5) is 16.9. The van der Waals surface area contributed by atoms with E-state index in [-0.39, 0.29) is 6.10 Å². The van der Waals surface area contributed by atoms with Crippen molar-refractivity contribution in [3.05, 3.63) is 23.5 Å². The second-order valence-electron chi connectivity index (χ2n) is 7.90. The summed E-state index contributed by atoms with van der Waals surface area (Å²) in [5.74, 6) is 2.59. The van der Waals surface area contributed by atoms with Gasteiger partial charge in [-0.05, 0) is 61.5 Å². The van der Waals surface area contributed by atoms with E-state index in [1.165, 1.54) is 0 Å². The molecule has 1 unspecified atom stereocenters. The molecule has 1 atom stereocenters. The predicted molar refractivity (Wildman–Crippen MR) is 93.1 cm³/mol. The number of Topliss-reactive ketones (excluding diaryl/α,β-unsaturated/α-hetero) is 1. The average Bonchev–Trinajstić information content (AvgIpc) is 2.49. The van der Waals surface area contributed by atoms with Crippen LogP contribution in [0, 0.1) is 17.8 Å². The highest BCUT2D eigenvalue weighted by Gasteiger charge is 2.36. The molecule has 1 saturated carbocycles. The van der Waals surface area contributed by atoms with Crippen molar-refractivity contribution >= 4 is 5.78 Å². The molecule has 3 rings (SSSR count). The van der Waals surface area contributed by atoms with Crippen molar-refractivity contribution in [2.45, 2.75) is 64.9 Å². The highest BCUT2D eigenvalue weighted by Crippen LogP contribution is 2.39. The van der Waals surface area contributed by atoms with Crippen LogP contribution in [-0.2, 0) is 17.6 Å². The molecule has 1 aromatic rings. The van der Waals surface area contributed by atoms with Crippen LogP contribution < -0.4 is 4.74 Å². The minimum absolute atomic E-state index is 0.167. The van der Waals surface area contributed by atoms with E-state index in [4.69, 9.17) is 4.74 Å². The molecule has 1 aromatic heterocycles. The smallest absolute Gasteiger partial charge is 0.137 e. The quantitative estimate of drug-likeness (QED) is 0.899. The van der Waals surface area contributed by atoms with Crippen LogP contribution in [0.15, 0.2) is 12.3 Å². The Labute approximate surface area is 144 Å². The van der Waals surface area contributed by atoms with Crippen LogP contribution in [0.1, 0.15) is 57.2 Å². The molecule has 0 amide bonds. The van der Waals surface area contributed by atoms with Gasteiger partial charge in [-0.3, -0.25) is 9.78 Å². The number of rotatable bonds is 5. The number of aryl methyl sites for hydroxylation is 1. The van der Waals surface area contributed by atoms with E-state index in [1.807, 2.05) is 6.20 Å². The van der Waals surface area contributed by atoms with Crippen molar-refractivity contribution < 1.29 is 14.6 Å². The lowest BCUT2D eigenvalue weighted by Crippen LogP contribution is -2.36. The van der Waals surface area contributed by atoms with Crippen LogP contribution in [0.2, 0.25) is 0 Å². The van der Waals surface area contributed by atoms with E-state index in [2.05, 4.69) is 24.9 Å². The van der Waals surface area contributed by atoms with Crippen LogP contribution in [0.25, 0.3) is 0 Å². The molecule has 1 heterocycles. The van der Waals surface area contributed by atoms with Crippen molar-refractivity contribution in [1.82, 2.24) is 4.98 Å². The van der Waals surface area contributed by atoms with Crippen LogP contribution >= 0.6 is 0 Å². The Balaban J connectivity index is 1.70. The van der Waals surface area contributed by atoms with Crippen molar-refractivity contribution in [2.75, 3.05) is 6.61 Å². The fourth-order valence-electron chi connectivity index (χ4n) is 3.75. The van der Waals surface area contributed by atoms with Crippen LogP contribution in [0.4, 0.5) is 0 Å². The first-order valence-electron chi connectivity index (χ1n) is 9.31. The van der Waals surface area contributed by atoms with Gasteiger partial charge in [0, 0.05) is 18.5 Å². The number of fused-ring (bicyclic) bond motifs is 1. The highest BCUT2D eigenvalue weighted by atomic mass is 16.5. The van der Waals surface area contributed by atoms with Gasteiger partial charge in [0.2, 0.25) is 0 Å². The average molecular weight is 331 g/mol. The van der Waals surface area contributed by atoms with Gasteiger partial charge >= 0.3 is 0 Å². The predicted octanol–water partition coefficient (Wildman–Crippen LogP) is 3.34. The molecular formula is C20H29NO3. The second-order valence-corrected chi connectivity index (χ2v) is 7.90. The van der Waals surface area contributed by atoms with E-state index in [1.54, 1.807) is 0 Å². The number of carbonyl (C=O) groups is 1. The van der Waals surface area contributed by atoms with Crippen molar-refractivity contribution in [1.29, 1.82) is 0 Å². The molecule has 0 spiro atoms. The monoisotopic (exact) mass is 331 g/mol. The fourth-order valence-corrected chi connectivity index (χ4v) is 3.75. The highest BCUT2D eigenvalue weighted by molar-refractivity contribution is 5.79. The van der Waals surface area contributed by atoms with Gasteiger partial charge in [0.15, 0.2) is 0 Å². The number of aromatic nitrogens is 1. The maximum atomic E-state index is 12.2. The lowest BCUT2D eigenvalue weighted by atomic mass is 9.69. The summed E-state index contributed by atoms with van der Waals surface area (Å²) in [6, 6.07) is 2.08. The summed E-state index contributed by atoms with van der Waals surface area (Å²) in [6.07, 6.45) is 7.22. The standard InChI is InChI=1S/C20H29NO3/c1-13(2)5-6-24-19-10-14-3-4-17(22)7-16(11-20(14)21-12-19)15-8-18(23)9-15/h10,12-13,15-16,18,23H,3-9,11H2,1-2H3. The first kappa shape index (κ1) is 17.4. The van der Waals surface area contributed by atoms with Crippen LogP contribution in [-0.4, -0.2) is 28.6 Å². The Morgan fingerprint density at radius 3 is 2.75 bits per heavy atom. The number of aliphatic hydroxyl groups excluding tert-OH is 1. The van der Waals surface area contributed by atoms with Gasteiger partial charge in [-0.1, -0.05) is 13.8 Å². The van der Waals surface area contributed by atoms with E-state index in [9.17, 15) is 9.90 Å². The number of ketones is 1. The molecule has 132 valence electrons. The Kier molecular flexibility index (Phi) is 5.54. The summed E-state index contributed by atoms with van der Waals surface area (Å²) >= 11 is 0. The van der Waals surface area contributed by atoms with Gasteiger partial charge in [0.1, 0.15) is 11.5 Å². The number of ether oxygens (including phenoxy) is 1. The van der Waals surface area contributed by atoms with Crippen molar-refractivity contribution in [2.24, 2.45) is 17.8 Å². The Hall–Kier alpha value is -1.42. The third-order valence-electron chi connectivity index (χ3n) is 5.43. The van der Waals surface area contributed by atoms with Gasteiger partial charge in [-0.15, -0.1) is 0 Å². The lowest BCUT2D eigenvalue weighted by Gasteiger charge is -2.38. The molecular weight excluding hydrogens is 302 g/mol. The zero-order chi connectivity index (χ0) is 17.1. The maximum Gasteiger partial charge on any atom is 0.137 e. The lowest BCUT2D eigenvalue weighted by molar-refractivity contribution is -0.121. The van der Waals surface area contributed by atoms with Crippen molar-refractivity contribution in [3.63, 3.8) is 0 Å². The van der Waals surface area contributed by atoms with Gasteiger partial charge in [-0.25, -0.2) is 0 Å². The van der Waals surface area contributed by atoms with E-state index in [0.717, 1.165) is 49.1 Å². The van der Waals surface area contributed by atoms with Crippen molar-refractivity contribution in [3.8, 4) is 5.75 Å². The van der Waals surface area contributed by atoms with Gasteiger partial charge in [0.25, 0.3) is 0 Å². The second kappa shape index (κ2) is 7.64. The fraction of sp³-hybridized carbons (Fsp3) is 0.700. The molecule has 24 heavy (non-hydrogen) atoms. The SMILES string of the molecule is CC(C)CCOc1cnc2c(c1)CCC(=O)CC(C1CC(O)C1)C2. The third-order valence-corrected chi connectivity index (χ3v) is 5.43. The number of hydrogen-bond acceptors (Lipinski definition) is 4. The number of aliphatic hydroxyl groups is 1. The molecule has 0 radical (unpaired) electrons. The molecule has 1 N–H and O–H groups in total. The minimum Gasteiger partial charge on any atom is -0.492 e.